The molecule has 1 atom stereocenters. The van der Waals surface area contributed by atoms with E-state index in [-0.39, 0.29) is 0 Å². The molecule has 0 amide bonds. The fraction of sp³-hybridized carbons (Fsp3) is 0.692. The van der Waals surface area contributed by atoms with Crippen LogP contribution in [-0.2, 0) is 16.6 Å². The summed E-state index contributed by atoms with van der Waals surface area (Å²) in [5.74, 6) is 0.353. The van der Waals surface area contributed by atoms with E-state index in [1.165, 1.54) is 11.3 Å². The third-order valence-electron chi connectivity index (χ3n) is 3.11. The normalized spacial score (nSPS) is 13.7. The lowest BCUT2D eigenvalue weighted by Crippen LogP contribution is -2.29. The van der Waals surface area contributed by atoms with E-state index in [4.69, 9.17) is 0 Å². The van der Waals surface area contributed by atoms with Crippen molar-refractivity contribution in [3.8, 4) is 0 Å². The molecule has 2 N–H and O–H groups in total. The molecule has 0 saturated heterocycles. The van der Waals surface area contributed by atoms with Gasteiger partial charge < -0.3 is 5.32 Å². The Morgan fingerprint density at radius 3 is 2.63 bits per heavy atom. The number of nitrogens with one attached hydrogen (secondary N) is 2. The van der Waals surface area contributed by atoms with Crippen molar-refractivity contribution < 1.29 is 8.42 Å². The van der Waals surface area contributed by atoms with Gasteiger partial charge in [-0.1, -0.05) is 27.2 Å². The summed E-state index contributed by atoms with van der Waals surface area (Å²) in [6.07, 6.45) is 0.968. The largest absolute Gasteiger partial charge is 0.312 e. The molecule has 6 heteroatoms. The zero-order valence-electron chi connectivity index (χ0n) is 12.1. The van der Waals surface area contributed by atoms with Crippen LogP contribution >= 0.6 is 11.3 Å². The first-order valence-corrected chi connectivity index (χ1v) is 9.06. The molecule has 0 aliphatic carbocycles. The first-order valence-electron chi connectivity index (χ1n) is 6.69. The van der Waals surface area contributed by atoms with Crippen LogP contribution in [0, 0.1) is 12.8 Å². The first-order chi connectivity index (χ1) is 8.92. The van der Waals surface area contributed by atoms with Crippen molar-refractivity contribution >= 4 is 21.4 Å². The van der Waals surface area contributed by atoms with Gasteiger partial charge in [0.1, 0.15) is 4.90 Å². The molecular weight excluding hydrogens is 280 g/mol. The minimum Gasteiger partial charge on any atom is -0.312 e. The summed E-state index contributed by atoms with van der Waals surface area (Å²) in [6.45, 7) is 9.90. The van der Waals surface area contributed by atoms with Gasteiger partial charge in [0.05, 0.1) is 0 Å². The van der Waals surface area contributed by atoms with E-state index in [1.807, 2.05) is 26.2 Å². The van der Waals surface area contributed by atoms with Crippen LogP contribution in [0.3, 0.4) is 0 Å². The second-order valence-corrected chi connectivity index (χ2v) is 7.48. The van der Waals surface area contributed by atoms with E-state index in [0.29, 0.717) is 23.9 Å². The highest BCUT2D eigenvalue weighted by Crippen LogP contribution is 2.26. The molecule has 1 unspecified atom stereocenters. The van der Waals surface area contributed by atoms with Crippen LogP contribution < -0.4 is 10.0 Å². The number of thiophene rings is 1. The van der Waals surface area contributed by atoms with E-state index >= 15 is 0 Å². The first kappa shape index (κ1) is 16.6. The summed E-state index contributed by atoms with van der Waals surface area (Å²) in [4.78, 5) is 1.35. The van der Waals surface area contributed by atoms with Crippen molar-refractivity contribution in [3.05, 3.63) is 15.8 Å². The van der Waals surface area contributed by atoms with E-state index in [0.717, 1.165) is 23.4 Å². The lowest BCUT2D eigenvalue weighted by atomic mass is 10.1. The van der Waals surface area contributed by atoms with Gasteiger partial charge in [-0.05, 0) is 30.3 Å². The Morgan fingerprint density at radius 2 is 2.05 bits per heavy atom. The summed E-state index contributed by atoms with van der Waals surface area (Å²) in [5.41, 5.74) is 0.828. The van der Waals surface area contributed by atoms with E-state index in [2.05, 4.69) is 17.0 Å². The topological polar surface area (TPSA) is 58.2 Å². The Morgan fingerprint density at radius 1 is 1.37 bits per heavy atom. The molecule has 0 spiro atoms. The van der Waals surface area contributed by atoms with Crippen LogP contribution in [0.25, 0.3) is 0 Å². The van der Waals surface area contributed by atoms with Gasteiger partial charge in [-0.3, -0.25) is 0 Å². The Kier molecular flexibility index (Phi) is 6.46. The molecule has 0 aliphatic heterocycles. The molecule has 1 heterocycles. The lowest BCUT2D eigenvalue weighted by Gasteiger charge is -2.12. The molecule has 110 valence electrons. The van der Waals surface area contributed by atoms with Gasteiger partial charge in [-0.25, -0.2) is 13.1 Å². The molecule has 0 aliphatic rings. The predicted octanol–water partition coefficient (Wildman–Crippen LogP) is 2.49. The maximum Gasteiger partial charge on any atom is 0.241 e. The van der Waals surface area contributed by atoms with Crippen LogP contribution in [-0.4, -0.2) is 21.5 Å². The highest BCUT2D eigenvalue weighted by atomic mass is 32.2. The lowest BCUT2D eigenvalue weighted by molar-refractivity contribution is 0.527. The number of hydrogen-bond donors (Lipinski definition) is 2. The van der Waals surface area contributed by atoms with Crippen molar-refractivity contribution in [2.75, 3.05) is 13.1 Å². The van der Waals surface area contributed by atoms with Crippen molar-refractivity contribution in [3.63, 3.8) is 0 Å². The molecule has 0 saturated carbocycles. The standard InChI is InChI=1S/C13H24N2O2S2/c1-5-10(3)7-15-19(16,17)13-11(4)9-18-12(13)8-14-6-2/h9-10,14-15H,5-8H2,1-4H3. The van der Waals surface area contributed by atoms with Crippen molar-refractivity contribution in [1.82, 2.24) is 10.0 Å². The third kappa shape index (κ3) is 4.56. The minimum atomic E-state index is -3.39. The number of rotatable bonds is 8. The summed E-state index contributed by atoms with van der Waals surface area (Å²) in [6, 6.07) is 0. The van der Waals surface area contributed by atoms with Gasteiger partial charge in [0, 0.05) is 18.0 Å². The number of aryl methyl sites for hydroxylation is 1. The van der Waals surface area contributed by atoms with Gasteiger partial charge in [0.2, 0.25) is 10.0 Å². The molecule has 0 aromatic carbocycles. The summed E-state index contributed by atoms with van der Waals surface area (Å²) in [7, 11) is -3.39. The molecule has 19 heavy (non-hydrogen) atoms. The molecule has 1 aromatic rings. The van der Waals surface area contributed by atoms with Crippen molar-refractivity contribution in [2.45, 2.75) is 45.6 Å². The highest BCUT2D eigenvalue weighted by Gasteiger charge is 2.22. The average Bonchev–Trinajstić information content (AvgIpc) is 2.75. The minimum absolute atomic E-state index is 0.353. The number of sulfonamides is 1. The Labute approximate surface area is 120 Å². The van der Waals surface area contributed by atoms with E-state index in [9.17, 15) is 8.42 Å². The van der Waals surface area contributed by atoms with Crippen molar-refractivity contribution in [2.24, 2.45) is 5.92 Å². The molecule has 0 fully saturated rings. The SMILES string of the molecule is CCNCc1scc(C)c1S(=O)(=O)NCC(C)CC. The highest BCUT2D eigenvalue weighted by molar-refractivity contribution is 7.89. The molecule has 0 bridgehead atoms. The van der Waals surface area contributed by atoms with Gasteiger partial charge in [0.15, 0.2) is 0 Å². The quantitative estimate of drug-likeness (QED) is 0.776. The van der Waals surface area contributed by atoms with Gasteiger partial charge >= 0.3 is 0 Å². The fourth-order valence-electron chi connectivity index (χ4n) is 1.68. The summed E-state index contributed by atoms with van der Waals surface area (Å²) in [5, 5.41) is 5.09. The van der Waals surface area contributed by atoms with Crippen LogP contribution in [0.5, 0.6) is 0 Å². The van der Waals surface area contributed by atoms with Crippen LogP contribution in [0.4, 0.5) is 0 Å². The van der Waals surface area contributed by atoms with E-state index in [1.54, 1.807) is 0 Å². The Hall–Kier alpha value is -0.430. The smallest absolute Gasteiger partial charge is 0.241 e. The van der Waals surface area contributed by atoms with Crippen LogP contribution in [0.1, 0.15) is 37.6 Å². The summed E-state index contributed by atoms with van der Waals surface area (Å²) >= 11 is 1.50. The van der Waals surface area contributed by atoms with Gasteiger partial charge in [-0.2, -0.15) is 0 Å². The van der Waals surface area contributed by atoms with Crippen LogP contribution in [0.2, 0.25) is 0 Å². The average molecular weight is 304 g/mol. The van der Waals surface area contributed by atoms with E-state index < -0.39 is 10.0 Å². The second kappa shape index (κ2) is 7.38. The third-order valence-corrected chi connectivity index (χ3v) is 6.00. The zero-order chi connectivity index (χ0) is 14.5. The molecule has 0 radical (unpaired) electrons. The monoisotopic (exact) mass is 304 g/mol. The Bertz CT molecular complexity index is 495. The maximum absolute atomic E-state index is 12.4. The van der Waals surface area contributed by atoms with Crippen molar-refractivity contribution in [1.29, 1.82) is 0 Å². The zero-order valence-corrected chi connectivity index (χ0v) is 13.7. The second-order valence-electron chi connectivity index (χ2n) is 4.82. The fourth-order valence-corrected chi connectivity index (χ4v) is 4.62. The predicted molar refractivity (Wildman–Crippen MR) is 81.1 cm³/mol. The molecule has 1 aromatic heterocycles. The summed E-state index contributed by atoms with van der Waals surface area (Å²) < 4.78 is 27.5. The van der Waals surface area contributed by atoms with Crippen LogP contribution in [0.15, 0.2) is 10.3 Å². The number of hydrogen-bond acceptors (Lipinski definition) is 4. The maximum atomic E-state index is 12.4. The van der Waals surface area contributed by atoms with Gasteiger partial charge in [0.25, 0.3) is 0 Å². The molecule has 1 rings (SSSR count). The Balaban J connectivity index is 2.90. The molecular formula is C13H24N2O2S2. The molecule has 4 nitrogen and oxygen atoms in total. The van der Waals surface area contributed by atoms with Gasteiger partial charge in [-0.15, -0.1) is 11.3 Å².